The van der Waals surface area contributed by atoms with Gasteiger partial charge in [0.1, 0.15) is 23.4 Å². The molecule has 1 aliphatic rings. The average molecular weight is 538 g/mol. The number of hydrogen-bond acceptors (Lipinski definition) is 4. The van der Waals surface area contributed by atoms with Gasteiger partial charge in [-0.1, -0.05) is 48.5 Å². The number of rotatable bonds is 7. The van der Waals surface area contributed by atoms with Crippen LogP contribution in [-0.2, 0) is 11.3 Å². The molecule has 0 bridgehead atoms. The Hall–Kier alpha value is -4.98. The van der Waals surface area contributed by atoms with E-state index in [-0.39, 0.29) is 43.8 Å². The van der Waals surface area contributed by atoms with Crippen LogP contribution in [0.2, 0.25) is 0 Å². The van der Waals surface area contributed by atoms with Gasteiger partial charge in [0.05, 0.1) is 6.54 Å². The number of hydrogen-bond donors (Lipinski definition) is 1. The molecule has 0 saturated carbocycles. The molecule has 1 fully saturated rings. The topological polar surface area (TPSA) is 79.0 Å². The van der Waals surface area contributed by atoms with Crippen LogP contribution in [0.4, 0.5) is 4.39 Å². The number of para-hydroxylation sites is 1. The third-order valence-electron chi connectivity index (χ3n) is 6.71. The molecule has 4 aromatic rings. The van der Waals surface area contributed by atoms with Gasteiger partial charge >= 0.3 is 0 Å². The van der Waals surface area contributed by atoms with E-state index in [1.807, 2.05) is 36.4 Å². The molecule has 1 aliphatic heterocycles. The summed E-state index contributed by atoms with van der Waals surface area (Å²) in [5.74, 6) is 0.00863. The summed E-state index contributed by atoms with van der Waals surface area (Å²) >= 11 is 0. The van der Waals surface area contributed by atoms with E-state index in [0.717, 1.165) is 5.56 Å². The maximum atomic E-state index is 13.4. The van der Waals surface area contributed by atoms with Crippen LogP contribution in [0.3, 0.4) is 0 Å². The predicted octanol–water partition coefficient (Wildman–Crippen LogP) is 4.90. The summed E-state index contributed by atoms with van der Waals surface area (Å²) in [6, 6.07) is 29.8. The molecule has 3 amide bonds. The number of carbonyl (C=O) groups excluding carboxylic acids is 3. The zero-order valence-electron chi connectivity index (χ0n) is 21.7. The normalized spacial score (nSPS) is 14.9. The maximum Gasteiger partial charge on any atom is 0.254 e. The molecule has 1 unspecified atom stereocenters. The fourth-order valence-corrected chi connectivity index (χ4v) is 4.56. The van der Waals surface area contributed by atoms with Gasteiger partial charge in [-0.25, -0.2) is 4.39 Å². The van der Waals surface area contributed by atoms with Crippen molar-refractivity contribution in [1.82, 2.24) is 15.1 Å². The Kier molecular flexibility index (Phi) is 8.15. The Morgan fingerprint density at radius 1 is 0.725 bits per heavy atom. The van der Waals surface area contributed by atoms with Gasteiger partial charge < -0.3 is 19.9 Å². The van der Waals surface area contributed by atoms with Crippen LogP contribution >= 0.6 is 0 Å². The van der Waals surface area contributed by atoms with E-state index in [9.17, 15) is 18.8 Å². The molecule has 0 spiro atoms. The molecule has 8 heteroatoms. The average Bonchev–Trinajstić information content (AvgIpc) is 3.01. The molecular weight excluding hydrogens is 509 g/mol. The minimum Gasteiger partial charge on any atom is -0.457 e. The molecule has 0 radical (unpaired) electrons. The number of carbonyl (C=O) groups is 3. The highest BCUT2D eigenvalue weighted by atomic mass is 19.1. The minimum absolute atomic E-state index is 0.0366. The lowest BCUT2D eigenvalue weighted by atomic mass is 10.1. The number of piperazine rings is 1. The van der Waals surface area contributed by atoms with Gasteiger partial charge in [-0.2, -0.15) is 0 Å². The van der Waals surface area contributed by atoms with E-state index in [4.69, 9.17) is 4.74 Å². The van der Waals surface area contributed by atoms with E-state index in [1.165, 1.54) is 17.0 Å². The summed E-state index contributed by atoms with van der Waals surface area (Å²) in [6.07, 6.45) is 0. The fraction of sp³-hybridized carbons (Fsp3) is 0.156. The fourth-order valence-electron chi connectivity index (χ4n) is 4.56. The van der Waals surface area contributed by atoms with E-state index < -0.39 is 11.9 Å². The van der Waals surface area contributed by atoms with Crippen molar-refractivity contribution >= 4 is 17.7 Å². The molecule has 0 aliphatic carbocycles. The lowest BCUT2D eigenvalue weighted by Gasteiger charge is -2.40. The standard InChI is InChI=1S/C32H28FN3O4/c33-26-15-11-23(12-16-26)21-34-30(37)29-22-35(19-20-36(29)32(39)24-7-3-1-4-8-24)31(38)25-13-17-28(18-14-25)40-27-9-5-2-6-10-27/h1-18,29H,19-22H2,(H,34,37). The Balaban J connectivity index is 1.30. The minimum atomic E-state index is -0.897. The van der Waals surface area contributed by atoms with Crippen molar-refractivity contribution in [3.05, 3.63) is 132 Å². The van der Waals surface area contributed by atoms with Crippen molar-refractivity contribution in [1.29, 1.82) is 0 Å². The molecule has 4 aromatic carbocycles. The quantitative estimate of drug-likeness (QED) is 0.364. The van der Waals surface area contributed by atoms with Crippen molar-refractivity contribution in [3.8, 4) is 11.5 Å². The summed E-state index contributed by atoms with van der Waals surface area (Å²) < 4.78 is 19.1. The molecule has 7 nitrogen and oxygen atoms in total. The van der Waals surface area contributed by atoms with Gasteiger partial charge in [-0.3, -0.25) is 14.4 Å². The maximum absolute atomic E-state index is 13.4. The summed E-state index contributed by atoms with van der Waals surface area (Å²) in [5, 5.41) is 2.84. The zero-order chi connectivity index (χ0) is 27.9. The molecule has 1 atom stereocenters. The Labute approximate surface area is 231 Å². The Morgan fingerprint density at radius 3 is 2.00 bits per heavy atom. The third-order valence-corrected chi connectivity index (χ3v) is 6.71. The van der Waals surface area contributed by atoms with E-state index in [2.05, 4.69) is 5.32 Å². The second-order valence-corrected chi connectivity index (χ2v) is 9.42. The number of ether oxygens (including phenoxy) is 1. The number of nitrogens with one attached hydrogen (secondary N) is 1. The van der Waals surface area contributed by atoms with Gasteiger partial charge in [-0.15, -0.1) is 0 Å². The molecule has 0 aromatic heterocycles. The number of nitrogens with zero attached hydrogens (tertiary/aromatic N) is 2. The lowest BCUT2D eigenvalue weighted by Crippen LogP contribution is -2.61. The van der Waals surface area contributed by atoms with Gasteiger partial charge in [0.25, 0.3) is 11.8 Å². The summed E-state index contributed by atoms with van der Waals surface area (Å²) in [6.45, 7) is 0.680. The van der Waals surface area contributed by atoms with Crippen molar-refractivity contribution in [2.75, 3.05) is 19.6 Å². The van der Waals surface area contributed by atoms with E-state index in [1.54, 1.807) is 65.6 Å². The van der Waals surface area contributed by atoms with Crippen LogP contribution in [0.5, 0.6) is 11.5 Å². The Morgan fingerprint density at radius 2 is 1.32 bits per heavy atom. The number of amides is 3. The summed E-state index contributed by atoms with van der Waals surface area (Å²) in [7, 11) is 0. The summed E-state index contributed by atoms with van der Waals surface area (Å²) in [4.78, 5) is 43.2. The molecule has 1 saturated heterocycles. The Bertz CT molecular complexity index is 1460. The first-order valence-electron chi connectivity index (χ1n) is 13.0. The largest absolute Gasteiger partial charge is 0.457 e. The monoisotopic (exact) mass is 537 g/mol. The first-order chi connectivity index (χ1) is 19.5. The number of halogens is 1. The second-order valence-electron chi connectivity index (χ2n) is 9.42. The zero-order valence-corrected chi connectivity index (χ0v) is 21.7. The van der Waals surface area contributed by atoms with Gasteiger partial charge in [0.15, 0.2) is 0 Å². The SMILES string of the molecule is O=C(NCc1ccc(F)cc1)C1CN(C(=O)c2ccc(Oc3ccccc3)cc2)CCN1C(=O)c1ccccc1. The highest BCUT2D eigenvalue weighted by molar-refractivity contribution is 5.99. The van der Waals surface area contributed by atoms with Gasteiger partial charge in [0, 0.05) is 30.8 Å². The lowest BCUT2D eigenvalue weighted by molar-refractivity contribution is -0.127. The molecule has 5 rings (SSSR count). The molecule has 40 heavy (non-hydrogen) atoms. The second kappa shape index (κ2) is 12.3. The van der Waals surface area contributed by atoms with Crippen LogP contribution < -0.4 is 10.1 Å². The smallest absolute Gasteiger partial charge is 0.254 e. The van der Waals surface area contributed by atoms with Crippen molar-refractivity contribution in [2.24, 2.45) is 0 Å². The highest BCUT2D eigenvalue weighted by Crippen LogP contribution is 2.23. The highest BCUT2D eigenvalue weighted by Gasteiger charge is 2.37. The third kappa shape index (κ3) is 6.35. The predicted molar refractivity (Wildman–Crippen MR) is 148 cm³/mol. The van der Waals surface area contributed by atoms with Crippen LogP contribution in [-0.4, -0.2) is 53.2 Å². The van der Waals surface area contributed by atoms with E-state index >= 15 is 0 Å². The van der Waals surface area contributed by atoms with Crippen molar-refractivity contribution in [2.45, 2.75) is 12.6 Å². The van der Waals surface area contributed by atoms with Crippen LogP contribution in [0.15, 0.2) is 109 Å². The van der Waals surface area contributed by atoms with Crippen LogP contribution in [0.1, 0.15) is 26.3 Å². The number of benzene rings is 4. The molecule has 202 valence electrons. The molecular formula is C32H28FN3O4. The van der Waals surface area contributed by atoms with E-state index in [0.29, 0.717) is 22.6 Å². The van der Waals surface area contributed by atoms with Crippen molar-refractivity contribution < 1.29 is 23.5 Å². The summed E-state index contributed by atoms with van der Waals surface area (Å²) in [5.41, 5.74) is 1.64. The van der Waals surface area contributed by atoms with Crippen molar-refractivity contribution in [3.63, 3.8) is 0 Å². The van der Waals surface area contributed by atoms with Crippen LogP contribution in [0.25, 0.3) is 0 Å². The molecule has 1 N–H and O–H groups in total. The van der Waals surface area contributed by atoms with Gasteiger partial charge in [-0.05, 0) is 66.2 Å². The van der Waals surface area contributed by atoms with Gasteiger partial charge in [0.2, 0.25) is 5.91 Å². The first kappa shape index (κ1) is 26.6. The first-order valence-corrected chi connectivity index (χ1v) is 13.0. The van der Waals surface area contributed by atoms with Crippen LogP contribution in [0, 0.1) is 5.82 Å². The molecule has 1 heterocycles.